The van der Waals surface area contributed by atoms with Crippen LogP contribution < -0.4 is 10.9 Å². The second-order valence-electron chi connectivity index (χ2n) is 6.25. The van der Waals surface area contributed by atoms with E-state index in [0.29, 0.717) is 27.3 Å². The molecule has 0 radical (unpaired) electrons. The molecule has 0 fully saturated rings. The van der Waals surface area contributed by atoms with Crippen LogP contribution in [0, 0.1) is 13.8 Å². The second kappa shape index (κ2) is 6.81. The standard InChI is InChI=1S/C21H17N3O2S/c1-13-6-3-4-7-18(13)24-14(2)22-17-12-15(9-10-16(17)21(24)26)23-20(25)19-8-5-11-27-19/h3-12H,1-2H3,(H,23,25). The van der Waals surface area contributed by atoms with Crippen LogP contribution in [0.5, 0.6) is 0 Å². The number of rotatable bonds is 3. The van der Waals surface area contributed by atoms with Gasteiger partial charge in [0.15, 0.2) is 0 Å². The number of nitrogens with zero attached hydrogens (tertiary/aromatic N) is 2. The number of benzene rings is 2. The lowest BCUT2D eigenvalue weighted by atomic mass is 10.1. The fraction of sp³-hybridized carbons (Fsp3) is 0.0952. The molecule has 0 aliphatic carbocycles. The molecule has 1 N–H and O–H groups in total. The maximum atomic E-state index is 13.1. The monoisotopic (exact) mass is 375 g/mol. The lowest BCUT2D eigenvalue weighted by Gasteiger charge is -2.13. The zero-order chi connectivity index (χ0) is 19.0. The Hall–Kier alpha value is -3.25. The SMILES string of the molecule is Cc1ccccc1-n1c(C)nc2cc(NC(=O)c3cccs3)ccc2c1=O. The Morgan fingerprint density at radius 2 is 1.89 bits per heavy atom. The Kier molecular flexibility index (Phi) is 4.33. The summed E-state index contributed by atoms with van der Waals surface area (Å²) in [4.78, 5) is 30.5. The van der Waals surface area contributed by atoms with Crippen LogP contribution in [0.25, 0.3) is 16.6 Å². The fourth-order valence-electron chi connectivity index (χ4n) is 3.07. The van der Waals surface area contributed by atoms with Crippen molar-refractivity contribution in [2.24, 2.45) is 0 Å². The molecule has 1 amide bonds. The van der Waals surface area contributed by atoms with Crippen molar-refractivity contribution in [2.75, 3.05) is 5.32 Å². The highest BCUT2D eigenvalue weighted by molar-refractivity contribution is 7.12. The van der Waals surface area contributed by atoms with Crippen molar-refractivity contribution in [1.82, 2.24) is 9.55 Å². The predicted molar refractivity (Wildman–Crippen MR) is 109 cm³/mol. The van der Waals surface area contributed by atoms with Crippen LogP contribution in [0.15, 0.2) is 64.8 Å². The van der Waals surface area contributed by atoms with E-state index in [-0.39, 0.29) is 11.5 Å². The molecule has 0 unspecified atom stereocenters. The highest BCUT2D eigenvalue weighted by Gasteiger charge is 2.13. The van der Waals surface area contributed by atoms with Gasteiger partial charge in [-0.3, -0.25) is 14.2 Å². The van der Waals surface area contributed by atoms with E-state index in [9.17, 15) is 9.59 Å². The van der Waals surface area contributed by atoms with E-state index in [0.717, 1.165) is 11.3 Å². The van der Waals surface area contributed by atoms with E-state index >= 15 is 0 Å². The molecule has 27 heavy (non-hydrogen) atoms. The number of carbonyl (C=O) groups is 1. The lowest BCUT2D eigenvalue weighted by Crippen LogP contribution is -2.23. The van der Waals surface area contributed by atoms with Crippen LogP contribution in [0.3, 0.4) is 0 Å². The van der Waals surface area contributed by atoms with Crippen molar-refractivity contribution in [3.63, 3.8) is 0 Å². The zero-order valence-electron chi connectivity index (χ0n) is 14.9. The van der Waals surface area contributed by atoms with Gasteiger partial charge in [-0.2, -0.15) is 0 Å². The van der Waals surface area contributed by atoms with Gasteiger partial charge < -0.3 is 5.32 Å². The summed E-state index contributed by atoms with van der Waals surface area (Å²) in [5.41, 5.74) is 2.88. The van der Waals surface area contributed by atoms with Crippen molar-refractivity contribution in [1.29, 1.82) is 0 Å². The zero-order valence-corrected chi connectivity index (χ0v) is 15.7. The molecule has 2 aromatic carbocycles. The molecule has 134 valence electrons. The maximum absolute atomic E-state index is 13.1. The van der Waals surface area contributed by atoms with Crippen LogP contribution in [-0.4, -0.2) is 15.5 Å². The summed E-state index contributed by atoms with van der Waals surface area (Å²) in [6.45, 7) is 3.78. The minimum atomic E-state index is -0.172. The molecule has 2 aromatic heterocycles. The average Bonchev–Trinajstić information content (AvgIpc) is 3.18. The van der Waals surface area contributed by atoms with E-state index in [1.54, 1.807) is 28.8 Å². The van der Waals surface area contributed by atoms with Crippen molar-refractivity contribution in [3.05, 3.63) is 86.6 Å². The van der Waals surface area contributed by atoms with Gasteiger partial charge in [0, 0.05) is 5.69 Å². The largest absolute Gasteiger partial charge is 0.321 e. The molecule has 0 atom stereocenters. The number of hydrogen-bond donors (Lipinski definition) is 1. The number of anilines is 1. The average molecular weight is 375 g/mol. The number of nitrogens with one attached hydrogen (secondary N) is 1. The number of aryl methyl sites for hydroxylation is 2. The quantitative estimate of drug-likeness (QED) is 0.580. The number of para-hydroxylation sites is 1. The predicted octanol–water partition coefficient (Wildman–Crippen LogP) is 4.32. The van der Waals surface area contributed by atoms with E-state index < -0.39 is 0 Å². The van der Waals surface area contributed by atoms with Gasteiger partial charge in [0.25, 0.3) is 11.5 Å². The molecule has 5 nitrogen and oxygen atoms in total. The molecule has 0 saturated heterocycles. The highest BCUT2D eigenvalue weighted by Crippen LogP contribution is 2.20. The molecule has 0 aliphatic heterocycles. The van der Waals surface area contributed by atoms with Gasteiger partial charge in [-0.15, -0.1) is 11.3 Å². The van der Waals surface area contributed by atoms with Gasteiger partial charge in [0.1, 0.15) is 5.82 Å². The molecule has 4 rings (SSSR count). The Balaban J connectivity index is 1.78. The van der Waals surface area contributed by atoms with Crippen LogP contribution in [0.4, 0.5) is 5.69 Å². The number of thiophene rings is 1. The lowest BCUT2D eigenvalue weighted by molar-refractivity contribution is 0.103. The van der Waals surface area contributed by atoms with E-state index in [1.807, 2.05) is 49.6 Å². The number of amides is 1. The number of aromatic nitrogens is 2. The summed E-state index contributed by atoms with van der Waals surface area (Å²) >= 11 is 1.38. The molecule has 2 heterocycles. The molecule has 0 bridgehead atoms. The van der Waals surface area contributed by atoms with E-state index in [4.69, 9.17) is 0 Å². The first-order valence-corrected chi connectivity index (χ1v) is 9.37. The molecule has 0 spiro atoms. The maximum Gasteiger partial charge on any atom is 0.265 e. The van der Waals surface area contributed by atoms with E-state index in [2.05, 4.69) is 10.3 Å². The number of fused-ring (bicyclic) bond motifs is 1. The second-order valence-corrected chi connectivity index (χ2v) is 7.20. The Morgan fingerprint density at radius 1 is 1.07 bits per heavy atom. The minimum absolute atomic E-state index is 0.122. The van der Waals surface area contributed by atoms with Gasteiger partial charge >= 0.3 is 0 Å². The summed E-state index contributed by atoms with van der Waals surface area (Å²) in [5, 5.41) is 5.22. The third-order valence-electron chi connectivity index (χ3n) is 4.40. The van der Waals surface area contributed by atoms with Gasteiger partial charge in [0.05, 0.1) is 21.5 Å². The molecular formula is C21H17N3O2S. The molecule has 0 saturated carbocycles. The Labute approximate surface area is 159 Å². The molecular weight excluding hydrogens is 358 g/mol. The van der Waals surface area contributed by atoms with Gasteiger partial charge in [-0.1, -0.05) is 24.3 Å². The van der Waals surface area contributed by atoms with Gasteiger partial charge in [-0.25, -0.2) is 4.98 Å². The van der Waals surface area contributed by atoms with E-state index in [1.165, 1.54) is 11.3 Å². The Morgan fingerprint density at radius 3 is 2.63 bits per heavy atom. The topological polar surface area (TPSA) is 64.0 Å². The fourth-order valence-corrected chi connectivity index (χ4v) is 3.69. The smallest absolute Gasteiger partial charge is 0.265 e. The summed E-state index contributed by atoms with van der Waals surface area (Å²) in [6.07, 6.45) is 0. The van der Waals surface area contributed by atoms with Crippen LogP contribution in [-0.2, 0) is 0 Å². The summed E-state index contributed by atoms with van der Waals surface area (Å²) < 4.78 is 1.63. The van der Waals surface area contributed by atoms with Gasteiger partial charge in [-0.05, 0) is 55.1 Å². The van der Waals surface area contributed by atoms with Gasteiger partial charge in [0.2, 0.25) is 0 Å². The first-order valence-electron chi connectivity index (χ1n) is 8.49. The van der Waals surface area contributed by atoms with Crippen LogP contribution >= 0.6 is 11.3 Å². The highest BCUT2D eigenvalue weighted by atomic mass is 32.1. The molecule has 0 aliphatic rings. The van der Waals surface area contributed by atoms with Crippen molar-refractivity contribution in [2.45, 2.75) is 13.8 Å². The van der Waals surface area contributed by atoms with Crippen LogP contribution in [0.1, 0.15) is 21.1 Å². The van der Waals surface area contributed by atoms with Crippen molar-refractivity contribution < 1.29 is 4.79 Å². The first-order chi connectivity index (χ1) is 13.0. The third-order valence-corrected chi connectivity index (χ3v) is 5.26. The van der Waals surface area contributed by atoms with Crippen LogP contribution in [0.2, 0.25) is 0 Å². The van der Waals surface area contributed by atoms with Crippen molar-refractivity contribution in [3.8, 4) is 5.69 Å². The minimum Gasteiger partial charge on any atom is -0.321 e. The number of carbonyl (C=O) groups excluding carboxylic acids is 1. The summed E-state index contributed by atoms with van der Waals surface area (Å²) in [6, 6.07) is 16.5. The molecule has 4 aromatic rings. The Bertz CT molecular complexity index is 1210. The van der Waals surface area contributed by atoms with Crippen molar-refractivity contribution >= 4 is 33.8 Å². The third kappa shape index (κ3) is 3.15. The summed E-state index contributed by atoms with van der Waals surface area (Å²) in [7, 11) is 0. The first kappa shape index (κ1) is 17.2. The number of hydrogen-bond acceptors (Lipinski definition) is 4. The normalized spacial score (nSPS) is 10.9. The molecule has 6 heteroatoms. The summed E-state index contributed by atoms with van der Waals surface area (Å²) in [5.74, 6) is 0.429.